The number of aromatic nitrogens is 4. The number of halogens is 1. The number of hydrogen-bond donors (Lipinski definition) is 1. The van der Waals surface area contributed by atoms with E-state index in [0.717, 1.165) is 46.2 Å². The summed E-state index contributed by atoms with van der Waals surface area (Å²) in [5, 5.41) is 8.58. The van der Waals surface area contributed by atoms with Crippen molar-refractivity contribution in [1.29, 1.82) is 0 Å². The number of Topliss-reactive ketones (excluding diaryl/α,β-unsaturated/α-hetero) is 1. The molecule has 146 valence electrons. The van der Waals surface area contributed by atoms with Gasteiger partial charge in [-0.25, -0.2) is 4.98 Å². The first kappa shape index (κ1) is 19.0. The second kappa shape index (κ2) is 7.60. The summed E-state index contributed by atoms with van der Waals surface area (Å²) in [4.78, 5) is 24.4. The second-order valence-electron chi connectivity index (χ2n) is 7.48. The molecule has 4 rings (SSSR count). The highest BCUT2D eigenvalue weighted by Gasteiger charge is 2.35. The number of anilines is 1. The van der Waals surface area contributed by atoms with E-state index in [1.165, 1.54) is 0 Å². The highest BCUT2D eigenvalue weighted by molar-refractivity contribution is 9.10. The van der Waals surface area contributed by atoms with E-state index in [1.807, 2.05) is 31.4 Å². The van der Waals surface area contributed by atoms with Crippen LogP contribution in [0, 0.1) is 0 Å². The number of ketones is 1. The van der Waals surface area contributed by atoms with E-state index in [2.05, 4.69) is 50.3 Å². The molecule has 1 aromatic carbocycles. The van der Waals surface area contributed by atoms with Crippen molar-refractivity contribution in [3.8, 4) is 0 Å². The average molecular weight is 443 g/mol. The summed E-state index contributed by atoms with van der Waals surface area (Å²) in [6.07, 6.45) is 3.30. The predicted molar refractivity (Wildman–Crippen MR) is 113 cm³/mol. The fraction of sp³-hybridized carbons (Fsp3) is 0.400. The van der Waals surface area contributed by atoms with E-state index in [4.69, 9.17) is 4.98 Å². The molecule has 0 spiro atoms. The Morgan fingerprint density at radius 3 is 2.93 bits per heavy atom. The minimum Gasteiger partial charge on any atom is -0.354 e. The number of fused-ring (bicyclic) bond motifs is 2. The molecular formula is C20H23BrN6O. The van der Waals surface area contributed by atoms with Crippen LogP contribution in [-0.4, -0.2) is 57.6 Å². The molecule has 0 radical (unpaired) electrons. The van der Waals surface area contributed by atoms with E-state index >= 15 is 0 Å². The predicted octanol–water partition coefficient (Wildman–Crippen LogP) is 2.75. The molecule has 1 aliphatic rings. The summed E-state index contributed by atoms with van der Waals surface area (Å²) in [6.45, 7) is 1.74. The van der Waals surface area contributed by atoms with E-state index in [-0.39, 0.29) is 11.7 Å². The second-order valence-corrected chi connectivity index (χ2v) is 8.39. The first-order valence-electron chi connectivity index (χ1n) is 9.33. The maximum absolute atomic E-state index is 12.9. The molecule has 1 N–H and O–H groups in total. The van der Waals surface area contributed by atoms with E-state index < -0.39 is 0 Å². The number of carbonyl (C=O) groups excluding carboxylic acids is 1. The molecule has 0 aliphatic heterocycles. The van der Waals surface area contributed by atoms with Crippen LogP contribution >= 0.6 is 15.9 Å². The zero-order chi connectivity index (χ0) is 19.8. The third-order valence-corrected chi connectivity index (χ3v) is 5.46. The van der Waals surface area contributed by atoms with Crippen LogP contribution in [0.15, 0.2) is 28.9 Å². The molecule has 2 heterocycles. The van der Waals surface area contributed by atoms with Crippen molar-refractivity contribution in [3.05, 3.63) is 45.7 Å². The Morgan fingerprint density at radius 1 is 1.32 bits per heavy atom. The first-order chi connectivity index (χ1) is 13.4. The zero-order valence-corrected chi connectivity index (χ0v) is 17.8. The van der Waals surface area contributed by atoms with Gasteiger partial charge in [0.25, 0.3) is 0 Å². The Morgan fingerprint density at radius 2 is 2.14 bits per heavy atom. The molecule has 2 aromatic heterocycles. The molecule has 0 saturated carbocycles. The molecule has 1 atom stereocenters. The number of rotatable bonds is 6. The van der Waals surface area contributed by atoms with Crippen molar-refractivity contribution in [1.82, 2.24) is 24.6 Å². The highest BCUT2D eigenvalue weighted by Crippen LogP contribution is 2.39. The smallest absolute Gasteiger partial charge is 0.225 e. The Kier molecular flexibility index (Phi) is 5.16. The standard InChI is InChI=1S/C20H23BrN6O/c1-26(2)8-4-7-22-20-23-18(15-11-27(3)25-19(15)24-20)17-14-10-13(21)6-5-12(14)9-16(17)28/h5-6,10-11,17H,4,7-9H2,1-3H3,(H,22,24,25). The maximum atomic E-state index is 12.9. The Labute approximate surface area is 172 Å². The molecule has 1 aliphatic carbocycles. The number of aryl methyl sites for hydroxylation is 1. The van der Waals surface area contributed by atoms with Gasteiger partial charge in [-0.15, -0.1) is 0 Å². The van der Waals surface area contributed by atoms with Gasteiger partial charge in [-0.2, -0.15) is 10.1 Å². The molecule has 0 bridgehead atoms. The fourth-order valence-corrected chi connectivity index (χ4v) is 4.07. The fourth-order valence-electron chi connectivity index (χ4n) is 3.69. The largest absolute Gasteiger partial charge is 0.354 e. The minimum atomic E-state index is -0.385. The quantitative estimate of drug-likeness (QED) is 0.591. The van der Waals surface area contributed by atoms with Gasteiger partial charge >= 0.3 is 0 Å². The van der Waals surface area contributed by atoms with Gasteiger partial charge in [0.1, 0.15) is 0 Å². The van der Waals surface area contributed by atoms with Crippen LogP contribution in [0.5, 0.6) is 0 Å². The van der Waals surface area contributed by atoms with Crippen LogP contribution in [0.25, 0.3) is 11.0 Å². The van der Waals surface area contributed by atoms with Gasteiger partial charge in [0.15, 0.2) is 11.4 Å². The van der Waals surface area contributed by atoms with Gasteiger partial charge < -0.3 is 10.2 Å². The lowest BCUT2D eigenvalue weighted by Gasteiger charge is -2.14. The molecule has 1 unspecified atom stereocenters. The lowest BCUT2D eigenvalue weighted by atomic mass is 9.95. The average Bonchev–Trinajstić information content (AvgIpc) is 3.16. The van der Waals surface area contributed by atoms with Crippen LogP contribution in [0.3, 0.4) is 0 Å². The summed E-state index contributed by atoms with van der Waals surface area (Å²) in [5.41, 5.74) is 3.42. The molecule has 28 heavy (non-hydrogen) atoms. The van der Waals surface area contributed by atoms with Gasteiger partial charge in [0, 0.05) is 30.7 Å². The minimum absolute atomic E-state index is 0.163. The molecule has 0 fully saturated rings. The molecule has 0 amide bonds. The van der Waals surface area contributed by atoms with Crippen LogP contribution in [-0.2, 0) is 18.3 Å². The third-order valence-electron chi connectivity index (χ3n) is 4.97. The SMILES string of the molecule is CN(C)CCCNc1nc(C2C(=O)Cc3ccc(Br)cc32)c2cn(C)nc2n1. The van der Waals surface area contributed by atoms with Crippen molar-refractivity contribution in [2.45, 2.75) is 18.8 Å². The summed E-state index contributed by atoms with van der Waals surface area (Å²) < 4.78 is 2.68. The molecule has 0 saturated heterocycles. The van der Waals surface area contributed by atoms with Crippen LogP contribution in [0.4, 0.5) is 5.95 Å². The van der Waals surface area contributed by atoms with Crippen molar-refractivity contribution in [2.24, 2.45) is 7.05 Å². The van der Waals surface area contributed by atoms with Gasteiger partial charge in [0.05, 0.1) is 17.0 Å². The number of nitrogens with one attached hydrogen (secondary N) is 1. The summed E-state index contributed by atoms with van der Waals surface area (Å²) in [5.74, 6) is 0.302. The molecule has 8 heteroatoms. The normalized spacial score (nSPS) is 16.2. The Bertz CT molecular complexity index is 1040. The van der Waals surface area contributed by atoms with Crippen molar-refractivity contribution in [2.75, 3.05) is 32.5 Å². The van der Waals surface area contributed by atoms with Gasteiger partial charge in [-0.3, -0.25) is 9.48 Å². The van der Waals surface area contributed by atoms with Crippen LogP contribution < -0.4 is 5.32 Å². The van der Waals surface area contributed by atoms with Crippen molar-refractivity contribution < 1.29 is 4.79 Å². The van der Waals surface area contributed by atoms with Gasteiger partial charge in [-0.1, -0.05) is 22.0 Å². The Hall–Kier alpha value is -2.32. The van der Waals surface area contributed by atoms with E-state index in [1.54, 1.807) is 4.68 Å². The number of nitrogens with zero attached hydrogens (tertiary/aromatic N) is 5. The monoisotopic (exact) mass is 442 g/mol. The van der Waals surface area contributed by atoms with Crippen LogP contribution in [0.1, 0.15) is 29.2 Å². The third kappa shape index (κ3) is 3.66. The molecular weight excluding hydrogens is 420 g/mol. The van der Waals surface area contributed by atoms with Crippen molar-refractivity contribution in [3.63, 3.8) is 0 Å². The van der Waals surface area contributed by atoms with Gasteiger partial charge in [0.2, 0.25) is 5.95 Å². The molecule has 7 nitrogen and oxygen atoms in total. The maximum Gasteiger partial charge on any atom is 0.225 e. The first-order valence-corrected chi connectivity index (χ1v) is 10.1. The molecule has 3 aromatic rings. The highest BCUT2D eigenvalue weighted by atomic mass is 79.9. The lowest BCUT2D eigenvalue weighted by molar-refractivity contribution is -0.118. The Balaban J connectivity index is 1.74. The number of benzene rings is 1. The number of hydrogen-bond acceptors (Lipinski definition) is 6. The van der Waals surface area contributed by atoms with E-state index in [0.29, 0.717) is 18.0 Å². The number of carbonyl (C=O) groups is 1. The van der Waals surface area contributed by atoms with Gasteiger partial charge in [-0.05, 0) is 50.3 Å². The summed E-state index contributed by atoms with van der Waals surface area (Å²) in [6, 6.07) is 6.02. The lowest BCUT2D eigenvalue weighted by Crippen LogP contribution is -2.18. The van der Waals surface area contributed by atoms with Crippen molar-refractivity contribution >= 4 is 38.7 Å². The topological polar surface area (TPSA) is 75.9 Å². The summed E-state index contributed by atoms with van der Waals surface area (Å²) >= 11 is 3.53. The van der Waals surface area contributed by atoms with E-state index in [9.17, 15) is 4.79 Å². The summed E-state index contributed by atoms with van der Waals surface area (Å²) in [7, 11) is 5.96. The zero-order valence-electron chi connectivity index (χ0n) is 16.2. The van der Waals surface area contributed by atoms with Crippen LogP contribution in [0.2, 0.25) is 0 Å².